The van der Waals surface area contributed by atoms with Gasteiger partial charge in [-0.3, -0.25) is 0 Å². The zero-order chi connectivity index (χ0) is 12.4. The zero-order valence-corrected chi connectivity index (χ0v) is 10.0. The highest BCUT2D eigenvalue weighted by molar-refractivity contribution is 5.66. The minimum Gasteiger partial charge on any atom is -0.380 e. The topological polar surface area (TPSA) is 80.7 Å². The van der Waals surface area contributed by atoms with Gasteiger partial charge in [0.2, 0.25) is 0 Å². The van der Waals surface area contributed by atoms with Crippen molar-refractivity contribution in [3.05, 3.63) is 18.6 Å². The van der Waals surface area contributed by atoms with Gasteiger partial charge in [-0.1, -0.05) is 0 Å². The van der Waals surface area contributed by atoms with Gasteiger partial charge in [0, 0.05) is 32.1 Å². The van der Waals surface area contributed by atoms with Crippen molar-refractivity contribution >= 4 is 17.3 Å². The molecule has 3 rings (SSSR count). The summed E-state index contributed by atoms with van der Waals surface area (Å²) in [5.41, 5.74) is 3.43. The Morgan fingerprint density at radius 2 is 2.28 bits per heavy atom. The average Bonchev–Trinajstić information content (AvgIpc) is 2.70. The zero-order valence-electron chi connectivity index (χ0n) is 10.0. The lowest BCUT2D eigenvalue weighted by atomic mass is 10.4. The molecule has 3 heterocycles. The number of imidazole rings is 1. The maximum atomic E-state index is 5.46. The second-order valence-electron chi connectivity index (χ2n) is 4.21. The van der Waals surface area contributed by atoms with Crippen LogP contribution in [0.25, 0.3) is 5.65 Å². The number of ether oxygens (including phenoxy) is 1. The standard InChI is InChI=1S/C11H16N6O/c12-15-9-8-17-4-2-13-10(17)11(14-9)16-3-1-6-18-7-5-16/h2,4,8,15H,1,3,5-7,12H2. The molecule has 7 heteroatoms. The first-order valence-corrected chi connectivity index (χ1v) is 6.01. The number of anilines is 2. The molecule has 7 nitrogen and oxygen atoms in total. The first-order chi connectivity index (χ1) is 8.88. The van der Waals surface area contributed by atoms with Crippen molar-refractivity contribution in [1.29, 1.82) is 0 Å². The SMILES string of the molecule is NNc1cn2ccnc2c(N2CCCOCC2)n1. The molecule has 0 aromatic carbocycles. The van der Waals surface area contributed by atoms with Gasteiger partial charge in [-0.2, -0.15) is 0 Å². The number of hydrazine groups is 1. The highest BCUT2D eigenvalue weighted by atomic mass is 16.5. The van der Waals surface area contributed by atoms with E-state index in [1.807, 2.05) is 16.8 Å². The van der Waals surface area contributed by atoms with Crippen LogP contribution in [0.3, 0.4) is 0 Å². The first kappa shape index (κ1) is 11.2. The smallest absolute Gasteiger partial charge is 0.180 e. The molecule has 1 aliphatic heterocycles. The van der Waals surface area contributed by atoms with Gasteiger partial charge in [-0.05, 0) is 6.42 Å². The van der Waals surface area contributed by atoms with Crippen LogP contribution in [-0.2, 0) is 4.74 Å². The fraction of sp³-hybridized carbons (Fsp3) is 0.455. The van der Waals surface area contributed by atoms with E-state index in [1.165, 1.54) is 0 Å². The third kappa shape index (κ3) is 1.98. The molecular formula is C11H16N6O. The highest BCUT2D eigenvalue weighted by Gasteiger charge is 2.16. The van der Waals surface area contributed by atoms with Gasteiger partial charge in [0.25, 0.3) is 0 Å². The maximum absolute atomic E-state index is 5.46. The van der Waals surface area contributed by atoms with Crippen LogP contribution in [0.1, 0.15) is 6.42 Å². The number of nitrogens with two attached hydrogens (primary N) is 1. The molecule has 3 N–H and O–H groups in total. The molecule has 0 atom stereocenters. The first-order valence-electron chi connectivity index (χ1n) is 6.01. The van der Waals surface area contributed by atoms with Crippen LogP contribution in [-0.4, -0.2) is 40.7 Å². The van der Waals surface area contributed by atoms with Crippen LogP contribution in [0.5, 0.6) is 0 Å². The molecule has 1 fully saturated rings. The summed E-state index contributed by atoms with van der Waals surface area (Å²) in [4.78, 5) is 11.0. The summed E-state index contributed by atoms with van der Waals surface area (Å²) in [5, 5.41) is 0. The van der Waals surface area contributed by atoms with Crippen LogP contribution < -0.4 is 16.2 Å². The number of rotatable bonds is 2. The molecule has 1 aliphatic rings. The minimum atomic E-state index is 0.626. The molecule has 96 valence electrons. The van der Waals surface area contributed by atoms with Gasteiger partial charge in [-0.25, -0.2) is 15.8 Å². The van der Waals surface area contributed by atoms with Gasteiger partial charge in [0.15, 0.2) is 17.3 Å². The molecule has 0 aliphatic carbocycles. The molecular weight excluding hydrogens is 232 g/mol. The van der Waals surface area contributed by atoms with Crippen LogP contribution in [0.15, 0.2) is 18.6 Å². The van der Waals surface area contributed by atoms with Crippen molar-refractivity contribution in [1.82, 2.24) is 14.4 Å². The van der Waals surface area contributed by atoms with Crippen LogP contribution >= 0.6 is 0 Å². The van der Waals surface area contributed by atoms with Crippen molar-refractivity contribution in [3.63, 3.8) is 0 Å². The Morgan fingerprint density at radius 1 is 1.33 bits per heavy atom. The van der Waals surface area contributed by atoms with E-state index in [1.54, 1.807) is 6.20 Å². The monoisotopic (exact) mass is 248 g/mol. The third-order valence-corrected chi connectivity index (χ3v) is 3.03. The normalized spacial score (nSPS) is 16.8. The summed E-state index contributed by atoms with van der Waals surface area (Å²) in [7, 11) is 0. The van der Waals surface area contributed by atoms with E-state index in [4.69, 9.17) is 10.6 Å². The fourth-order valence-corrected chi connectivity index (χ4v) is 2.15. The third-order valence-electron chi connectivity index (χ3n) is 3.03. The summed E-state index contributed by atoms with van der Waals surface area (Å²) < 4.78 is 7.38. The number of nitrogens with one attached hydrogen (secondary N) is 1. The van der Waals surface area contributed by atoms with Gasteiger partial charge >= 0.3 is 0 Å². The molecule has 0 unspecified atom stereocenters. The summed E-state index contributed by atoms with van der Waals surface area (Å²) >= 11 is 0. The number of nitrogens with zero attached hydrogens (tertiary/aromatic N) is 4. The van der Waals surface area contributed by atoms with Crippen molar-refractivity contribution < 1.29 is 4.74 Å². The van der Waals surface area contributed by atoms with Crippen molar-refractivity contribution in [2.24, 2.45) is 5.84 Å². The van der Waals surface area contributed by atoms with Gasteiger partial charge < -0.3 is 19.5 Å². The Balaban J connectivity index is 2.04. The summed E-state index contributed by atoms with van der Waals surface area (Å²) in [6, 6.07) is 0. The molecule has 0 saturated carbocycles. The lowest BCUT2D eigenvalue weighted by Crippen LogP contribution is -2.28. The molecule has 1 saturated heterocycles. The van der Waals surface area contributed by atoms with Crippen LogP contribution in [0, 0.1) is 0 Å². The average molecular weight is 248 g/mol. The summed E-state index contributed by atoms with van der Waals surface area (Å²) in [6.45, 7) is 3.26. The Kier molecular flexibility index (Phi) is 2.99. The van der Waals surface area contributed by atoms with E-state index >= 15 is 0 Å². The number of hydrogen-bond acceptors (Lipinski definition) is 6. The molecule has 2 aromatic heterocycles. The molecule has 0 radical (unpaired) electrons. The molecule has 0 amide bonds. The quantitative estimate of drug-likeness (QED) is 0.585. The van der Waals surface area contributed by atoms with E-state index in [0.29, 0.717) is 5.82 Å². The Morgan fingerprint density at radius 3 is 3.17 bits per heavy atom. The number of nitrogen functional groups attached to an aromatic ring is 1. The molecule has 2 aromatic rings. The van der Waals surface area contributed by atoms with Gasteiger partial charge in [0.1, 0.15) is 0 Å². The van der Waals surface area contributed by atoms with E-state index in [2.05, 4.69) is 20.3 Å². The van der Waals surface area contributed by atoms with E-state index < -0.39 is 0 Å². The predicted molar refractivity (Wildman–Crippen MR) is 68.4 cm³/mol. The fourth-order valence-electron chi connectivity index (χ4n) is 2.15. The highest BCUT2D eigenvalue weighted by Crippen LogP contribution is 2.21. The van der Waals surface area contributed by atoms with Crippen LogP contribution in [0.4, 0.5) is 11.6 Å². The number of hydrogen-bond donors (Lipinski definition) is 2. The van der Waals surface area contributed by atoms with E-state index in [0.717, 1.165) is 44.2 Å². The number of fused-ring (bicyclic) bond motifs is 1. The summed E-state index contributed by atoms with van der Waals surface area (Å²) in [6.07, 6.45) is 6.46. The second kappa shape index (κ2) is 4.79. The van der Waals surface area contributed by atoms with Crippen molar-refractivity contribution in [2.75, 3.05) is 36.6 Å². The second-order valence-corrected chi connectivity index (χ2v) is 4.21. The lowest BCUT2D eigenvalue weighted by Gasteiger charge is -2.21. The Bertz CT molecular complexity index is 531. The van der Waals surface area contributed by atoms with Gasteiger partial charge in [-0.15, -0.1) is 0 Å². The molecule has 18 heavy (non-hydrogen) atoms. The van der Waals surface area contributed by atoms with Gasteiger partial charge in [0.05, 0.1) is 12.8 Å². The predicted octanol–water partition coefficient (Wildman–Crippen LogP) is 0.242. The lowest BCUT2D eigenvalue weighted by molar-refractivity contribution is 0.152. The van der Waals surface area contributed by atoms with Crippen LogP contribution in [0.2, 0.25) is 0 Å². The Hall–Kier alpha value is -1.86. The largest absolute Gasteiger partial charge is 0.380 e. The minimum absolute atomic E-state index is 0.626. The molecule has 0 bridgehead atoms. The van der Waals surface area contributed by atoms with E-state index in [9.17, 15) is 0 Å². The molecule has 0 spiro atoms. The van der Waals surface area contributed by atoms with Crippen molar-refractivity contribution in [3.8, 4) is 0 Å². The van der Waals surface area contributed by atoms with Crippen molar-refractivity contribution in [2.45, 2.75) is 6.42 Å². The summed E-state index contributed by atoms with van der Waals surface area (Å²) in [5.74, 6) is 6.92. The number of aromatic nitrogens is 3. The maximum Gasteiger partial charge on any atom is 0.180 e. The Labute approximate surface area is 105 Å². The van der Waals surface area contributed by atoms with E-state index in [-0.39, 0.29) is 0 Å².